The summed E-state index contributed by atoms with van der Waals surface area (Å²) in [5.74, 6) is -0.113. The Morgan fingerprint density at radius 2 is 1.79 bits per heavy atom. The minimum absolute atomic E-state index is 0.0428. The van der Waals surface area contributed by atoms with Crippen LogP contribution < -0.4 is 14.8 Å². The third kappa shape index (κ3) is 7.09. The van der Waals surface area contributed by atoms with E-state index in [9.17, 15) is 15.0 Å². The molecule has 2 aromatic carbocycles. The number of carbonyl (C=O) groups is 1. The molecule has 0 saturated heterocycles. The van der Waals surface area contributed by atoms with Crippen LogP contribution in [0.5, 0.6) is 17.2 Å². The number of rotatable bonds is 11. The highest BCUT2D eigenvalue weighted by molar-refractivity contribution is 5.72. The number of benzene rings is 2. The molecule has 1 unspecified atom stereocenters. The lowest BCUT2D eigenvalue weighted by molar-refractivity contribution is -0.144. The molecule has 0 radical (unpaired) electrons. The largest absolute Gasteiger partial charge is 0.504 e. The molecule has 7 heteroatoms. The Labute approximate surface area is 164 Å². The van der Waals surface area contributed by atoms with Crippen LogP contribution in [0.15, 0.2) is 48.5 Å². The van der Waals surface area contributed by atoms with Gasteiger partial charge in [0.2, 0.25) is 0 Å². The van der Waals surface area contributed by atoms with Crippen molar-refractivity contribution < 1.29 is 29.6 Å². The van der Waals surface area contributed by atoms with E-state index in [1.807, 2.05) is 19.1 Å². The minimum atomic E-state index is -1.01. The molecule has 0 aliphatic rings. The van der Waals surface area contributed by atoms with E-state index < -0.39 is 18.2 Å². The number of aliphatic hydroxyl groups excluding tert-OH is 1. The number of carboxylic acids is 1. The van der Waals surface area contributed by atoms with E-state index in [4.69, 9.17) is 14.6 Å². The normalized spacial score (nSPS) is 14.1. The minimum Gasteiger partial charge on any atom is -0.504 e. The fraction of sp³-hybridized carbons (Fsp3) is 0.381. The molecule has 2 aromatic rings. The lowest BCUT2D eigenvalue weighted by Crippen LogP contribution is -2.37. The van der Waals surface area contributed by atoms with E-state index in [1.54, 1.807) is 30.3 Å². The number of para-hydroxylation sites is 2. The fourth-order valence-corrected chi connectivity index (χ4v) is 2.55. The summed E-state index contributed by atoms with van der Waals surface area (Å²) in [6.45, 7) is 3.92. The second-order valence-corrected chi connectivity index (χ2v) is 6.69. The van der Waals surface area contributed by atoms with Crippen LogP contribution in [0.3, 0.4) is 0 Å². The maximum absolute atomic E-state index is 10.8. The number of nitrogens with one attached hydrogen (secondary N) is 1. The zero-order valence-corrected chi connectivity index (χ0v) is 16.0. The summed E-state index contributed by atoms with van der Waals surface area (Å²) < 4.78 is 10.7. The van der Waals surface area contributed by atoms with Crippen molar-refractivity contribution in [3.63, 3.8) is 0 Å². The van der Waals surface area contributed by atoms with Gasteiger partial charge in [0, 0.05) is 12.6 Å². The van der Waals surface area contributed by atoms with Crippen molar-refractivity contribution >= 4 is 5.97 Å². The summed E-state index contributed by atoms with van der Waals surface area (Å²) in [5.41, 5.74) is 1.07. The Kier molecular flexibility index (Phi) is 8.10. The summed E-state index contributed by atoms with van der Waals surface area (Å²) >= 11 is 0. The number of aliphatic hydroxyl groups is 1. The molecule has 0 saturated carbocycles. The maximum Gasteiger partial charge on any atom is 0.344 e. The van der Waals surface area contributed by atoms with Gasteiger partial charge in [0.15, 0.2) is 17.6 Å². The molecule has 152 valence electrons. The van der Waals surface area contributed by atoms with Crippen LogP contribution in [0.4, 0.5) is 0 Å². The summed E-state index contributed by atoms with van der Waals surface area (Å²) in [6.07, 6.45) is -0.870. The van der Waals surface area contributed by atoms with Gasteiger partial charge in [-0.2, -0.15) is 0 Å². The van der Waals surface area contributed by atoms with Gasteiger partial charge in [-0.25, -0.2) is 4.79 Å². The molecule has 7 nitrogen and oxygen atoms in total. The van der Waals surface area contributed by atoms with Crippen LogP contribution in [0.2, 0.25) is 0 Å². The highest BCUT2D eigenvalue weighted by atomic mass is 16.5. The molecule has 0 heterocycles. The molecular formula is C21H27NO6. The summed E-state index contributed by atoms with van der Waals surface area (Å²) in [7, 11) is 0. The van der Waals surface area contributed by atoms with Crippen LogP contribution in [0, 0.1) is 0 Å². The molecule has 28 heavy (non-hydrogen) atoms. The number of aromatic hydroxyl groups is 1. The van der Waals surface area contributed by atoms with Crippen LogP contribution in [0.1, 0.15) is 19.4 Å². The van der Waals surface area contributed by atoms with Crippen LogP contribution in [0.25, 0.3) is 0 Å². The molecule has 0 amide bonds. The van der Waals surface area contributed by atoms with Crippen molar-refractivity contribution in [3.8, 4) is 17.2 Å². The molecule has 0 bridgehead atoms. The van der Waals surface area contributed by atoms with Crippen LogP contribution in [-0.4, -0.2) is 52.7 Å². The number of aliphatic carboxylic acids is 1. The van der Waals surface area contributed by atoms with Gasteiger partial charge in [0.1, 0.15) is 18.5 Å². The predicted molar refractivity (Wildman–Crippen MR) is 105 cm³/mol. The first-order chi connectivity index (χ1) is 13.3. The molecule has 0 fully saturated rings. The maximum atomic E-state index is 10.8. The summed E-state index contributed by atoms with van der Waals surface area (Å²) in [4.78, 5) is 10.8. The zero-order valence-electron chi connectivity index (χ0n) is 16.0. The van der Waals surface area contributed by atoms with Crippen LogP contribution >= 0.6 is 0 Å². The number of phenols is 1. The second kappa shape index (κ2) is 10.5. The number of hydrogen-bond donors (Lipinski definition) is 4. The van der Waals surface area contributed by atoms with Gasteiger partial charge in [0.25, 0.3) is 0 Å². The first-order valence-electron chi connectivity index (χ1n) is 9.15. The van der Waals surface area contributed by atoms with Crippen molar-refractivity contribution in [1.82, 2.24) is 5.32 Å². The van der Waals surface area contributed by atoms with Gasteiger partial charge in [-0.3, -0.25) is 0 Å². The number of hydrogen-bond acceptors (Lipinski definition) is 6. The SMILES string of the molecule is C[C@H](Cc1ccc(O[C@@H](C)C(=O)O)cc1)NCC(O)COc1ccccc1O. The first kappa shape index (κ1) is 21.5. The molecule has 2 rings (SSSR count). The van der Waals surface area contributed by atoms with Crippen molar-refractivity contribution in [3.05, 3.63) is 54.1 Å². The highest BCUT2D eigenvalue weighted by Gasteiger charge is 2.13. The van der Waals surface area contributed by atoms with Gasteiger partial charge in [-0.15, -0.1) is 0 Å². The Morgan fingerprint density at radius 3 is 2.43 bits per heavy atom. The fourth-order valence-electron chi connectivity index (χ4n) is 2.55. The molecule has 0 spiro atoms. The molecule has 0 aliphatic heterocycles. The topological polar surface area (TPSA) is 108 Å². The Balaban J connectivity index is 1.72. The van der Waals surface area contributed by atoms with Crippen molar-refractivity contribution in [2.24, 2.45) is 0 Å². The number of ether oxygens (including phenoxy) is 2. The molecule has 3 atom stereocenters. The third-order valence-electron chi connectivity index (χ3n) is 4.12. The quantitative estimate of drug-likeness (QED) is 0.467. The number of carboxylic acid groups (broad SMARTS) is 1. The summed E-state index contributed by atoms with van der Waals surface area (Å²) in [5, 5.41) is 31.8. The van der Waals surface area contributed by atoms with Gasteiger partial charge in [-0.05, 0) is 50.1 Å². The smallest absolute Gasteiger partial charge is 0.344 e. The van der Waals surface area contributed by atoms with E-state index in [0.717, 1.165) is 12.0 Å². The Bertz CT molecular complexity index is 749. The average molecular weight is 389 g/mol. The van der Waals surface area contributed by atoms with Crippen molar-refractivity contribution in [2.75, 3.05) is 13.2 Å². The molecule has 0 aromatic heterocycles. The standard InChI is InChI=1S/C21H27NO6/c1-14(11-16-7-9-18(10-8-16)28-15(2)21(25)26)22-12-17(23)13-27-20-6-4-3-5-19(20)24/h3-10,14-15,17,22-24H,11-13H2,1-2H3,(H,25,26)/t14-,15+,17?/m1/s1. The van der Waals surface area contributed by atoms with E-state index in [1.165, 1.54) is 13.0 Å². The number of phenolic OH excluding ortho intramolecular Hbond substituents is 1. The van der Waals surface area contributed by atoms with E-state index >= 15 is 0 Å². The second-order valence-electron chi connectivity index (χ2n) is 6.69. The van der Waals surface area contributed by atoms with E-state index in [2.05, 4.69) is 5.32 Å². The monoisotopic (exact) mass is 389 g/mol. The van der Waals surface area contributed by atoms with Gasteiger partial charge >= 0.3 is 5.97 Å². The average Bonchev–Trinajstić information content (AvgIpc) is 2.67. The zero-order chi connectivity index (χ0) is 20.5. The molecule has 4 N–H and O–H groups in total. The van der Waals surface area contributed by atoms with E-state index in [-0.39, 0.29) is 18.4 Å². The molecule has 0 aliphatic carbocycles. The van der Waals surface area contributed by atoms with Gasteiger partial charge in [0.05, 0.1) is 0 Å². The van der Waals surface area contributed by atoms with Crippen molar-refractivity contribution in [2.45, 2.75) is 38.5 Å². The lowest BCUT2D eigenvalue weighted by atomic mass is 10.1. The Morgan fingerprint density at radius 1 is 1.11 bits per heavy atom. The Hall–Kier alpha value is -2.77. The van der Waals surface area contributed by atoms with E-state index in [0.29, 0.717) is 18.0 Å². The molecular weight excluding hydrogens is 362 g/mol. The highest BCUT2D eigenvalue weighted by Crippen LogP contribution is 2.24. The van der Waals surface area contributed by atoms with Gasteiger partial charge < -0.3 is 30.1 Å². The van der Waals surface area contributed by atoms with Crippen LogP contribution in [-0.2, 0) is 11.2 Å². The predicted octanol–water partition coefficient (Wildman–Crippen LogP) is 2.20. The third-order valence-corrected chi connectivity index (χ3v) is 4.12. The lowest BCUT2D eigenvalue weighted by Gasteiger charge is -2.18. The van der Waals surface area contributed by atoms with Crippen molar-refractivity contribution in [1.29, 1.82) is 0 Å². The first-order valence-corrected chi connectivity index (χ1v) is 9.15. The summed E-state index contributed by atoms with van der Waals surface area (Å²) in [6, 6.07) is 14.0. The van der Waals surface area contributed by atoms with Gasteiger partial charge in [-0.1, -0.05) is 24.3 Å².